The lowest BCUT2D eigenvalue weighted by Crippen LogP contribution is -2.49. The van der Waals surface area contributed by atoms with Gasteiger partial charge in [-0.1, -0.05) is 0 Å². The number of hydrogen-bond donors (Lipinski definition) is 1. The van der Waals surface area contributed by atoms with Gasteiger partial charge in [0.1, 0.15) is 0 Å². The number of aryl methyl sites for hydroxylation is 1. The number of amides is 1. The van der Waals surface area contributed by atoms with E-state index in [-0.39, 0.29) is 18.3 Å². The van der Waals surface area contributed by atoms with Crippen molar-refractivity contribution in [2.75, 3.05) is 39.3 Å². The maximum atomic E-state index is 13.0. The standard InChI is InChI=1S/C17H25N3OS.ClH/c21-17(15-2-1-3-16-14(15)5-11-22-16)20-8-4-13(12-20)19-9-6-18-7-10-19;/h5,11,13,15,18H,1-4,6-10,12H2;1H. The van der Waals surface area contributed by atoms with Crippen molar-refractivity contribution in [2.45, 2.75) is 37.6 Å². The highest BCUT2D eigenvalue weighted by atomic mass is 35.5. The molecule has 1 aromatic heterocycles. The van der Waals surface area contributed by atoms with Crippen LogP contribution in [-0.2, 0) is 11.2 Å². The largest absolute Gasteiger partial charge is 0.341 e. The third-order valence-corrected chi connectivity index (χ3v) is 6.49. The number of piperazine rings is 1. The van der Waals surface area contributed by atoms with Crippen LogP contribution in [0, 0.1) is 0 Å². The summed E-state index contributed by atoms with van der Waals surface area (Å²) in [6, 6.07) is 2.77. The van der Waals surface area contributed by atoms with Crippen molar-refractivity contribution in [3.05, 3.63) is 21.9 Å². The first-order valence-corrected chi connectivity index (χ1v) is 9.51. The Balaban J connectivity index is 0.00000156. The Morgan fingerprint density at radius 2 is 2.04 bits per heavy atom. The van der Waals surface area contributed by atoms with E-state index >= 15 is 0 Å². The Hall–Kier alpha value is -0.620. The van der Waals surface area contributed by atoms with Crippen molar-refractivity contribution in [2.24, 2.45) is 0 Å². The molecular formula is C17H26ClN3OS. The fourth-order valence-corrected chi connectivity index (χ4v) is 5.24. The number of hydrogen-bond acceptors (Lipinski definition) is 4. The predicted octanol–water partition coefficient (Wildman–Crippen LogP) is 2.10. The van der Waals surface area contributed by atoms with Gasteiger partial charge < -0.3 is 10.2 Å². The lowest BCUT2D eigenvalue weighted by atomic mass is 9.87. The Bertz CT molecular complexity index is 544. The first-order valence-electron chi connectivity index (χ1n) is 8.63. The highest BCUT2D eigenvalue weighted by molar-refractivity contribution is 7.10. The van der Waals surface area contributed by atoms with E-state index in [1.807, 2.05) is 11.3 Å². The molecule has 2 saturated heterocycles. The zero-order chi connectivity index (χ0) is 14.9. The minimum absolute atomic E-state index is 0. The molecular weight excluding hydrogens is 330 g/mol. The summed E-state index contributed by atoms with van der Waals surface area (Å²) >= 11 is 1.83. The molecule has 1 amide bonds. The molecule has 0 radical (unpaired) electrons. The number of fused-ring (bicyclic) bond motifs is 1. The second-order valence-electron chi connectivity index (χ2n) is 6.76. The van der Waals surface area contributed by atoms with E-state index in [9.17, 15) is 4.79 Å². The minimum atomic E-state index is 0. The van der Waals surface area contributed by atoms with Crippen molar-refractivity contribution in [3.8, 4) is 0 Å². The number of carbonyl (C=O) groups is 1. The number of nitrogens with zero attached hydrogens (tertiary/aromatic N) is 2. The van der Waals surface area contributed by atoms with E-state index in [0.717, 1.165) is 52.1 Å². The second kappa shape index (κ2) is 7.51. The molecule has 128 valence electrons. The lowest BCUT2D eigenvalue weighted by Gasteiger charge is -2.33. The molecule has 6 heteroatoms. The zero-order valence-electron chi connectivity index (χ0n) is 13.5. The summed E-state index contributed by atoms with van der Waals surface area (Å²) < 4.78 is 0. The first kappa shape index (κ1) is 17.2. The summed E-state index contributed by atoms with van der Waals surface area (Å²) in [5, 5.41) is 5.57. The smallest absolute Gasteiger partial charge is 0.230 e. The third-order valence-electron chi connectivity index (χ3n) is 5.49. The van der Waals surface area contributed by atoms with E-state index in [1.54, 1.807) is 0 Å². The molecule has 0 bridgehead atoms. The molecule has 4 rings (SSSR count). The predicted molar refractivity (Wildman–Crippen MR) is 96.7 cm³/mol. The van der Waals surface area contributed by atoms with Crippen LogP contribution in [0.3, 0.4) is 0 Å². The Morgan fingerprint density at radius 1 is 1.22 bits per heavy atom. The van der Waals surface area contributed by atoms with Crippen molar-refractivity contribution >= 4 is 29.7 Å². The van der Waals surface area contributed by atoms with Crippen LogP contribution >= 0.6 is 23.7 Å². The fourth-order valence-electron chi connectivity index (χ4n) is 4.25. The van der Waals surface area contributed by atoms with Crippen LogP contribution in [0.1, 0.15) is 35.6 Å². The van der Waals surface area contributed by atoms with Gasteiger partial charge in [-0.25, -0.2) is 0 Å². The number of nitrogens with one attached hydrogen (secondary N) is 1. The van der Waals surface area contributed by atoms with Gasteiger partial charge in [-0.2, -0.15) is 0 Å². The van der Waals surface area contributed by atoms with Crippen LogP contribution in [0.15, 0.2) is 11.4 Å². The number of thiophene rings is 1. The quantitative estimate of drug-likeness (QED) is 0.882. The van der Waals surface area contributed by atoms with E-state index < -0.39 is 0 Å². The van der Waals surface area contributed by atoms with E-state index in [4.69, 9.17) is 0 Å². The van der Waals surface area contributed by atoms with Gasteiger partial charge in [0.25, 0.3) is 0 Å². The van der Waals surface area contributed by atoms with Crippen molar-refractivity contribution in [1.29, 1.82) is 0 Å². The van der Waals surface area contributed by atoms with Crippen LogP contribution < -0.4 is 5.32 Å². The van der Waals surface area contributed by atoms with E-state index in [0.29, 0.717) is 11.9 Å². The molecule has 4 nitrogen and oxygen atoms in total. The zero-order valence-corrected chi connectivity index (χ0v) is 15.1. The number of halogens is 1. The van der Waals surface area contributed by atoms with Crippen molar-refractivity contribution in [3.63, 3.8) is 0 Å². The average Bonchev–Trinajstić information content (AvgIpc) is 3.24. The van der Waals surface area contributed by atoms with Crippen LogP contribution in [0.5, 0.6) is 0 Å². The number of carbonyl (C=O) groups excluding carboxylic acids is 1. The maximum Gasteiger partial charge on any atom is 0.230 e. The summed E-state index contributed by atoms with van der Waals surface area (Å²) in [6.45, 7) is 6.32. The normalized spacial score (nSPS) is 28.3. The van der Waals surface area contributed by atoms with E-state index in [2.05, 4.69) is 26.6 Å². The van der Waals surface area contributed by atoms with Gasteiger partial charge in [-0.3, -0.25) is 9.69 Å². The van der Waals surface area contributed by atoms with Gasteiger partial charge in [0.05, 0.1) is 5.92 Å². The molecule has 1 aliphatic carbocycles. The Labute approximate surface area is 148 Å². The molecule has 1 N–H and O–H groups in total. The van der Waals surface area contributed by atoms with Crippen LogP contribution in [0.4, 0.5) is 0 Å². The van der Waals surface area contributed by atoms with Crippen LogP contribution in [-0.4, -0.2) is 61.0 Å². The molecule has 1 aromatic rings. The third kappa shape index (κ3) is 3.43. The summed E-state index contributed by atoms with van der Waals surface area (Å²) in [4.78, 5) is 19.1. The summed E-state index contributed by atoms with van der Waals surface area (Å²) in [6.07, 6.45) is 4.52. The van der Waals surface area contributed by atoms with Gasteiger partial charge in [-0.15, -0.1) is 23.7 Å². The molecule has 2 aliphatic heterocycles. The molecule has 0 aromatic carbocycles. The SMILES string of the molecule is Cl.O=C(C1CCCc2sccc21)N1CCC(N2CCNCC2)C1. The summed E-state index contributed by atoms with van der Waals surface area (Å²) in [5.74, 6) is 0.522. The summed E-state index contributed by atoms with van der Waals surface area (Å²) in [5.41, 5.74) is 1.33. The first-order chi connectivity index (χ1) is 10.8. The molecule has 3 aliphatic rings. The maximum absolute atomic E-state index is 13.0. The van der Waals surface area contributed by atoms with Gasteiger partial charge in [0.2, 0.25) is 5.91 Å². The highest BCUT2D eigenvalue weighted by Gasteiger charge is 2.36. The molecule has 0 spiro atoms. The summed E-state index contributed by atoms with van der Waals surface area (Å²) in [7, 11) is 0. The molecule has 2 unspecified atom stereocenters. The number of rotatable bonds is 2. The fraction of sp³-hybridized carbons (Fsp3) is 0.706. The Kier molecular flexibility index (Phi) is 5.62. The average molecular weight is 356 g/mol. The minimum Gasteiger partial charge on any atom is -0.341 e. The highest BCUT2D eigenvalue weighted by Crippen LogP contribution is 2.36. The topological polar surface area (TPSA) is 35.6 Å². The van der Waals surface area contributed by atoms with Crippen LogP contribution in [0.2, 0.25) is 0 Å². The molecule has 2 atom stereocenters. The van der Waals surface area contributed by atoms with Gasteiger partial charge in [0, 0.05) is 50.2 Å². The van der Waals surface area contributed by atoms with Gasteiger partial charge in [0.15, 0.2) is 0 Å². The monoisotopic (exact) mass is 355 g/mol. The molecule has 2 fully saturated rings. The molecule has 0 saturated carbocycles. The Morgan fingerprint density at radius 3 is 2.87 bits per heavy atom. The van der Waals surface area contributed by atoms with Gasteiger partial charge >= 0.3 is 0 Å². The number of likely N-dealkylation sites (tertiary alicyclic amines) is 1. The van der Waals surface area contributed by atoms with Crippen molar-refractivity contribution in [1.82, 2.24) is 15.1 Å². The molecule has 3 heterocycles. The van der Waals surface area contributed by atoms with Gasteiger partial charge in [-0.05, 0) is 42.7 Å². The van der Waals surface area contributed by atoms with Crippen LogP contribution in [0.25, 0.3) is 0 Å². The molecule has 23 heavy (non-hydrogen) atoms. The van der Waals surface area contributed by atoms with E-state index in [1.165, 1.54) is 23.3 Å². The lowest BCUT2D eigenvalue weighted by molar-refractivity contribution is -0.132. The second-order valence-corrected chi connectivity index (χ2v) is 7.76. The van der Waals surface area contributed by atoms with Crippen molar-refractivity contribution < 1.29 is 4.79 Å².